The van der Waals surface area contributed by atoms with Gasteiger partial charge in [-0.3, -0.25) is 4.79 Å². The van der Waals surface area contributed by atoms with Gasteiger partial charge in [-0.15, -0.1) is 23.7 Å². The summed E-state index contributed by atoms with van der Waals surface area (Å²) in [6, 6.07) is 22.7. The van der Waals surface area contributed by atoms with Crippen LogP contribution >= 0.6 is 0 Å². The normalized spacial score (nSPS) is 15.5. The molecule has 0 saturated carbocycles. The molecule has 0 aliphatic carbocycles. The highest BCUT2D eigenvalue weighted by atomic mass is 19.1. The van der Waals surface area contributed by atoms with Crippen LogP contribution < -0.4 is 18.9 Å². The fourth-order valence-corrected chi connectivity index (χ4v) is 7.09. The van der Waals surface area contributed by atoms with E-state index in [2.05, 4.69) is 23.7 Å². The molecule has 0 spiro atoms. The summed E-state index contributed by atoms with van der Waals surface area (Å²) in [5.74, 6) is 13.1. The van der Waals surface area contributed by atoms with Gasteiger partial charge < -0.3 is 63.8 Å². The molecular weight excluding hydrogens is 1060 g/mol. The first kappa shape index (κ1) is 71.2. The topological polar surface area (TPSA) is 203 Å². The second-order valence-electron chi connectivity index (χ2n) is 19.6. The molecule has 0 aromatic heterocycles. The van der Waals surface area contributed by atoms with E-state index in [1.54, 1.807) is 26.0 Å². The van der Waals surface area contributed by atoms with Gasteiger partial charge in [0.05, 0.1) is 49.8 Å². The van der Waals surface area contributed by atoms with Crippen LogP contribution in [0.3, 0.4) is 0 Å². The van der Waals surface area contributed by atoms with Gasteiger partial charge in [-0.25, -0.2) is 17.6 Å². The number of esters is 1. The molecule has 9 atom stereocenters. The van der Waals surface area contributed by atoms with E-state index in [-0.39, 0.29) is 86.5 Å². The summed E-state index contributed by atoms with van der Waals surface area (Å²) in [6.45, 7) is 10.9. The van der Waals surface area contributed by atoms with Gasteiger partial charge >= 0.3 is 5.97 Å². The van der Waals surface area contributed by atoms with Crippen LogP contribution in [-0.4, -0.2) is 126 Å². The van der Waals surface area contributed by atoms with Crippen molar-refractivity contribution in [2.24, 2.45) is 11.8 Å². The molecule has 0 bridgehead atoms. The predicted molar refractivity (Wildman–Crippen MR) is 301 cm³/mol. The summed E-state index contributed by atoms with van der Waals surface area (Å²) in [4.78, 5) is 10.7. The van der Waals surface area contributed by atoms with Crippen molar-refractivity contribution in [3.05, 3.63) is 120 Å². The van der Waals surface area contributed by atoms with Crippen molar-refractivity contribution in [2.75, 3.05) is 46.2 Å². The van der Waals surface area contributed by atoms with Gasteiger partial charge in [-0.05, 0) is 182 Å². The summed E-state index contributed by atoms with van der Waals surface area (Å²) in [5.41, 5.74) is 0. The van der Waals surface area contributed by atoms with Crippen LogP contribution in [0.1, 0.15) is 118 Å². The smallest absolute Gasteiger partial charge is 0.302 e. The summed E-state index contributed by atoms with van der Waals surface area (Å²) < 4.78 is 88.2. The standard InChI is InChI=1S/C21H29FO4.C16H21FO3.C14H19FO4.C12H17FO3/c1-17(6-2-4-14-24-21-7-3-5-15-25-21)8-11-19(23)16-26-20-12-9-18(22)10-13-20;1-13(4-2-3-11-18)5-8-15(19)12-20-16-9-6-14(17)7-10-16;1-10(19-11(2)16)3-6-13(17)9-18-14-7-4-12(15)5-8-14;1-9(14)2-5-11(15)8-16-12-6-3-10(13)4-7-12/h9-10,12-13,17,19,21,23H,3-5,7-8,11,14-16H2,1H3;6-7,9-10,13,15,18-19H,3,5,8,11-12H2,1H3;4-5,7-8,10,13,17H,3,6,9H2,1-2H3;3-4,6-7,9,11,14-15H,2,5,8H2,1H3/t17?,19-,21?;13?,15-;10?,13-;9?,11-/m0000/s1. The maximum atomic E-state index is 12.8. The fraction of sp³-hybridized carbons (Fsp3) is 0.540. The molecule has 1 heterocycles. The van der Waals surface area contributed by atoms with Crippen molar-refractivity contribution in [2.45, 2.75) is 161 Å². The van der Waals surface area contributed by atoms with E-state index in [1.807, 2.05) is 13.8 Å². The minimum Gasteiger partial charge on any atom is -0.491 e. The maximum Gasteiger partial charge on any atom is 0.302 e. The number of hydrogen-bond donors (Lipinski definition) is 6. The molecule has 6 N–H and O–H groups in total. The zero-order valence-electron chi connectivity index (χ0n) is 47.5. The Morgan fingerprint density at radius 2 is 0.889 bits per heavy atom. The van der Waals surface area contributed by atoms with Crippen molar-refractivity contribution in [3.8, 4) is 46.7 Å². The van der Waals surface area contributed by atoms with E-state index in [9.17, 15) is 42.8 Å². The molecule has 0 radical (unpaired) electrons. The Hall–Kier alpha value is -5.93. The minimum absolute atomic E-state index is 0.0563. The molecule has 1 aliphatic rings. The Morgan fingerprint density at radius 3 is 1.22 bits per heavy atom. The Balaban J connectivity index is 0.000000375. The highest BCUT2D eigenvalue weighted by Gasteiger charge is 2.15. The van der Waals surface area contributed by atoms with E-state index in [1.165, 1.54) is 98.3 Å². The lowest BCUT2D eigenvalue weighted by molar-refractivity contribution is -0.161. The highest BCUT2D eigenvalue weighted by Crippen LogP contribution is 2.18. The third-order valence-electron chi connectivity index (χ3n) is 11.7. The number of carbonyl (C=O) groups excluding carboxylic acids is 1. The molecule has 450 valence electrons. The van der Waals surface area contributed by atoms with Crippen molar-refractivity contribution >= 4 is 5.97 Å². The lowest BCUT2D eigenvalue weighted by Crippen LogP contribution is -2.22. The SMILES string of the molecule is CC(=O)OC(C)CC[C@H](O)COc1ccc(F)cc1.CC(C#CCCO)CC[C@H](O)COc1ccc(F)cc1.CC(C#CCCOC1CCCCO1)CC[C@H](O)COc1ccc(F)cc1.CC(O)CC[C@H](O)COc1ccc(F)cc1. The van der Waals surface area contributed by atoms with E-state index in [0.29, 0.717) is 81.0 Å². The van der Waals surface area contributed by atoms with Gasteiger partial charge in [0, 0.05) is 38.2 Å². The van der Waals surface area contributed by atoms with Gasteiger partial charge in [-0.2, -0.15) is 0 Å². The number of ether oxygens (including phenoxy) is 7. The number of aliphatic hydroxyl groups is 6. The maximum absolute atomic E-state index is 12.8. The second kappa shape index (κ2) is 43.8. The quantitative estimate of drug-likeness (QED) is 0.0130. The van der Waals surface area contributed by atoms with E-state index >= 15 is 0 Å². The number of hydrogen-bond acceptors (Lipinski definition) is 14. The summed E-state index contributed by atoms with van der Waals surface area (Å²) >= 11 is 0. The summed E-state index contributed by atoms with van der Waals surface area (Å²) in [6.07, 6.45) is 6.19. The monoisotopic (exact) mass is 1140 g/mol. The molecule has 4 aromatic rings. The fourth-order valence-electron chi connectivity index (χ4n) is 7.09. The molecule has 14 nitrogen and oxygen atoms in total. The van der Waals surface area contributed by atoms with Crippen molar-refractivity contribution in [3.63, 3.8) is 0 Å². The van der Waals surface area contributed by atoms with Gasteiger partial charge in [-0.1, -0.05) is 13.8 Å². The molecule has 5 unspecified atom stereocenters. The number of halogens is 4. The third kappa shape index (κ3) is 39.2. The van der Waals surface area contributed by atoms with Crippen molar-refractivity contribution in [1.82, 2.24) is 0 Å². The van der Waals surface area contributed by atoms with Crippen LogP contribution in [0, 0.1) is 58.8 Å². The van der Waals surface area contributed by atoms with Gasteiger partial charge in [0.25, 0.3) is 0 Å². The molecule has 1 aliphatic heterocycles. The predicted octanol–water partition coefficient (Wildman–Crippen LogP) is 10.3. The Bertz CT molecular complexity index is 2330. The van der Waals surface area contributed by atoms with Gasteiger partial charge in [0.15, 0.2) is 6.29 Å². The van der Waals surface area contributed by atoms with Crippen molar-refractivity contribution in [1.29, 1.82) is 0 Å². The Kier molecular flexibility index (Phi) is 38.4. The second-order valence-corrected chi connectivity index (χ2v) is 19.6. The third-order valence-corrected chi connectivity index (χ3v) is 11.7. The van der Waals surface area contributed by atoms with Crippen LogP contribution in [0.5, 0.6) is 23.0 Å². The molecule has 1 fully saturated rings. The first-order valence-corrected chi connectivity index (χ1v) is 27.7. The average molecular weight is 1140 g/mol. The molecule has 18 heteroatoms. The Labute approximate surface area is 476 Å². The molecule has 1 saturated heterocycles. The molecule has 81 heavy (non-hydrogen) atoms. The number of benzene rings is 4. The zero-order valence-corrected chi connectivity index (χ0v) is 47.5. The zero-order chi connectivity index (χ0) is 59.6. The largest absolute Gasteiger partial charge is 0.491 e. The number of aliphatic hydroxyl groups excluding tert-OH is 6. The van der Waals surface area contributed by atoms with Crippen LogP contribution in [0.15, 0.2) is 97.1 Å². The number of carbonyl (C=O) groups is 1. The lowest BCUT2D eigenvalue weighted by Gasteiger charge is -2.22. The summed E-state index contributed by atoms with van der Waals surface area (Å²) in [5, 5.41) is 56.6. The van der Waals surface area contributed by atoms with Gasteiger partial charge in [0.1, 0.15) is 72.7 Å². The van der Waals surface area contributed by atoms with E-state index in [4.69, 9.17) is 43.4 Å². The van der Waals surface area contributed by atoms with Crippen LogP contribution in [0.25, 0.3) is 0 Å². The van der Waals surface area contributed by atoms with Gasteiger partial charge in [0.2, 0.25) is 0 Å². The average Bonchev–Trinajstić information content (AvgIpc) is 3.45. The first-order valence-electron chi connectivity index (χ1n) is 27.7. The van der Waals surface area contributed by atoms with E-state index in [0.717, 1.165) is 32.3 Å². The Morgan fingerprint density at radius 1 is 0.531 bits per heavy atom. The van der Waals surface area contributed by atoms with Crippen LogP contribution in [0.2, 0.25) is 0 Å². The molecule has 5 rings (SSSR count). The first-order chi connectivity index (χ1) is 38.8. The van der Waals surface area contributed by atoms with E-state index < -0.39 is 30.5 Å². The minimum atomic E-state index is -0.650. The van der Waals surface area contributed by atoms with Crippen LogP contribution in [0.4, 0.5) is 17.6 Å². The molecule has 0 amide bonds. The number of rotatable bonds is 29. The molecule has 4 aromatic carbocycles. The van der Waals surface area contributed by atoms with Crippen molar-refractivity contribution < 1.29 is 86.2 Å². The molecular formula is C63H86F4O14. The summed E-state index contributed by atoms with van der Waals surface area (Å²) in [7, 11) is 0. The lowest BCUT2D eigenvalue weighted by atomic mass is 10.0. The highest BCUT2D eigenvalue weighted by molar-refractivity contribution is 5.66. The van der Waals surface area contributed by atoms with Crippen LogP contribution in [-0.2, 0) is 19.0 Å².